The first-order valence-corrected chi connectivity index (χ1v) is 7.09. The number of ether oxygens (including phenoxy) is 3. The molecule has 0 saturated carbocycles. The summed E-state index contributed by atoms with van der Waals surface area (Å²) >= 11 is 0. The highest BCUT2D eigenvalue weighted by Crippen LogP contribution is 2.09. The molecule has 0 aliphatic heterocycles. The molecule has 1 rings (SSSR count). The second kappa shape index (κ2) is 9.88. The molecule has 2 N–H and O–H groups in total. The van der Waals surface area contributed by atoms with Gasteiger partial charge in [-0.25, -0.2) is 14.4 Å². The molecule has 130 valence electrons. The molecule has 0 radical (unpaired) electrons. The van der Waals surface area contributed by atoms with Gasteiger partial charge in [0.25, 0.3) is 0 Å². The lowest BCUT2D eigenvalue weighted by Crippen LogP contribution is -2.25. The van der Waals surface area contributed by atoms with Crippen LogP contribution in [0.25, 0.3) is 0 Å². The van der Waals surface area contributed by atoms with Gasteiger partial charge in [-0.2, -0.15) is 0 Å². The van der Waals surface area contributed by atoms with E-state index < -0.39 is 18.2 Å². The number of benzene rings is 1. The van der Waals surface area contributed by atoms with Crippen molar-refractivity contribution < 1.29 is 28.6 Å². The van der Waals surface area contributed by atoms with E-state index in [0.717, 1.165) is 5.56 Å². The summed E-state index contributed by atoms with van der Waals surface area (Å²) in [4.78, 5) is 33.6. The van der Waals surface area contributed by atoms with Gasteiger partial charge >= 0.3 is 18.2 Å². The Bertz CT molecular complexity index is 597. The zero-order valence-corrected chi connectivity index (χ0v) is 13.6. The van der Waals surface area contributed by atoms with E-state index in [0.29, 0.717) is 5.69 Å². The van der Waals surface area contributed by atoms with Gasteiger partial charge in [-0.05, 0) is 24.6 Å². The number of carbonyl (C=O) groups is 3. The zero-order chi connectivity index (χ0) is 17.9. The number of nitrogens with one attached hydrogen (secondary N) is 2. The quantitative estimate of drug-likeness (QED) is 0.342. The van der Waals surface area contributed by atoms with Gasteiger partial charge in [-0.3, -0.25) is 5.32 Å². The molecule has 0 aromatic heterocycles. The summed E-state index contributed by atoms with van der Waals surface area (Å²) in [5.74, 6) is -0.528. The maximum Gasteiger partial charge on any atom is 0.411 e. The maximum absolute atomic E-state index is 11.5. The number of carbonyl (C=O) groups excluding carboxylic acids is 3. The van der Waals surface area contributed by atoms with E-state index in [1.165, 1.54) is 14.0 Å². The van der Waals surface area contributed by atoms with Crippen LogP contribution in [0.5, 0.6) is 0 Å². The molecule has 0 fully saturated rings. The lowest BCUT2D eigenvalue weighted by atomic mass is 10.2. The zero-order valence-electron chi connectivity index (χ0n) is 13.6. The summed E-state index contributed by atoms with van der Waals surface area (Å²) in [7, 11) is 1.28. The smallest absolute Gasteiger partial charge is 0.411 e. The SMILES string of the molecule is C=C(C)C(=O)OCCOC(=O)NCc1ccc(NC(=O)OC)cc1. The molecule has 0 spiro atoms. The molecule has 8 nitrogen and oxygen atoms in total. The first-order chi connectivity index (χ1) is 11.4. The van der Waals surface area contributed by atoms with E-state index in [4.69, 9.17) is 9.47 Å². The van der Waals surface area contributed by atoms with Crippen molar-refractivity contribution in [2.75, 3.05) is 25.6 Å². The molecule has 1 aromatic carbocycles. The minimum atomic E-state index is -0.627. The Hall–Kier alpha value is -3.03. The topological polar surface area (TPSA) is 103 Å². The van der Waals surface area contributed by atoms with E-state index >= 15 is 0 Å². The van der Waals surface area contributed by atoms with Crippen molar-refractivity contribution >= 4 is 23.8 Å². The van der Waals surface area contributed by atoms with Crippen LogP contribution in [-0.4, -0.2) is 38.5 Å². The molecule has 1 aromatic rings. The third-order valence-corrected chi connectivity index (χ3v) is 2.72. The van der Waals surface area contributed by atoms with Crippen molar-refractivity contribution in [1.29, 1.82) is 0 Å². The fourth-order valence-electron chi connectivity index (χ4n) is 1.49. The number of rotatable bonds is 7. The van der Waals surface area contributed by atoms with Crippen LogP contribution >= 0.6 is 0 Å². The molecule has 0 saturated heterocycles. The number of methoxy groups -OCH3 is 1. The van der Waals surface area contributed by atoms with Crippen molar-refractivity contribution in [2.24, 2.45) is 0 Å². The minimum absolute atomic E-state index is 0.0347. The predicted octanol–water partition coefficient (Wildman–Crippen LogP) is 2.21. The van der Waals surface area contributed by atoms with Gasteiger partial charge in [0.2, 0.25) is 0 Å². The number of amides is 2. The molecule has 0 bridgehead atoms. The molecule has 0 aliphatic rings. The van der Waals surface area contributed by atoms with Crippen LogP contribution in [0, 0.1) is 0 Å². The summed E-state index contributed by atoms with van der Waals surface area (Å²) in [6, 6.07) is 6.83. The van der Waals surface area contributed by atoms with Crippen molar-refractivity contribution in [1.82, 2.24) is 5.32 Å². The molecule has 2 amide bonds. The Kier molecular flexibility index (Phi) is 7.83. The van der Waals surface area contributed by atoms with Crippen molar-refractivity contribution in [3.63, 3.8) is 0 Å². The van der Waals surface area contributed by atoms with E-state index in [9.17, 15) is 14.4 Å². The first-order valence-electron chi connectivity index (χ1n) is 7.09. The van der Waals surface area contributed by atoms with Crippen LogP contribution in [0.2, 0.25) is 0 Å². The van der Waals surface area contributed by atoms with E-state index in [1.54, 1.807) is 24.3 Å². The first kappa shape index (κ1) is 19.0. The molecular weight excluding hydrogens is 316 g/mol. The van der Waals surface area contributed by atoms with Gasteiger partial charge < -0.3 is 19.5 Å². The summed E-state index contributed by atoms with van der Waals surface area (Å²) in [5, 5.41) is 5.06. The van der Waals surface area contributed by atoms with Gasteiger partial charge in [-0.1, -0.05) is 18.7 Å². The molecule has 0 unspecified atom stereocenters. The Balaban J connectivity index is 2.25. The third-order valence-electron chi connectivity index (χ3n) is 2.72. The van der Waals surface area contributed by atoms with E-state index in [2.05, 4.69) is 21.9 Å². The second-order valence-electron chi connectivity index (χ2n) is 4.72. The highest BCUT2D eigenvalue weighted by molar-refractivity contribution is 5.87. The highest BCUT2D eigenvalue weighted by Gasteiger charge is 2.06. The van der Waals surface area contributed by atoms with Crippen LogP contribution in [0.1, 0.15) is 12.5 Å². The Labute approximate surface area is 139 Å². The Morgan fingerprint density at radius 2 is 1.67 bits per heavy atom. The van der Waals surface area contributed by atoms with Crippen LogP contribution in [0.15, 0.2) is 36.4 Å². The number of esters is 1. The summed E-state index contributed by atoms with van der Waals surface area (Å²) in [6.45, 7) is 5.13. The van der Waals surface area contributed by atoms with Gasteiger partial charge in [0, 0.05) is 17.8 Å². The summed E-state index contributed by atoms with van der Waals surface area (Å²) in [6.07, 6.45) is -1.19. The normalized spacial score (nSPS) is 9.58. The standard InChI is InChI=1S/C16H20N2O6/c1-11(2)14(19)23-8-9-24-15(20)17-10-12-4-6-13(7-5-12)18-16(21)22-3/h4-7H,1,8-10H2,2-3H3,(H,17,20)(H,18,21). The molecular formula is C16H20N2O6. The van der Waals surface area contributed by atoms with Crippen LogP contribution < -0.4 is 10.6 Å². The van der Waals surface area contributed by atoms with Gasteiger partial charge in [0.1, 0.15) is 13.2 Å². The van der Waals surface area contributed by atoms with Crippen LogP contribution in [-0.2, 0) is 25.5 Å². The fourth-order valence-corrected chi connectivity index (χ4v) is 1.49. The number of hydrogen-bond acceptors (Lipinski definition) is 6. The van der Waals surface area contributed by atoms with Crippen molar-refractivity contribution in [2.45, 2.75) is 13.5 Å². The largest absolute Gasteiger partial charge is 0.459 e. The van der Waals surface area contributed by atoms with E-state index in [1.807, 2.05) is 0 Å². The van der Waals surface area contributed by atoms with Crippen LogP contribution in [0.4, 0.5) is 15.3 Å². The molecule has 0 atom stereocenters. The monoisotopic (exact) mass is 336 g/mol. The molecule has 0 heterocycles. The number of anilines is 1. The molecule has 0 aliphatic carbocycles. The van der Waals surface area contributed by atoms with E-state index in [-0.39, 0.29) is 25.3 Å². The second-order valence-corrected chi connectivity index (χ2v) is 4.72. The number of hydrogen-bond donors (Lipinski definition) is 2. The van der Waals surface area contributed by atoms with Gasteiger partial charge in [-0.15, -0.1) is 0 Å². The molecule has 24 heavy (non-hydrogen) atoms. The Morgan fingerprint density at radius 1 is 1.04 bits per heavy atom. The van der Waals surface area contributed by atoms with Gasteiger partial charge in [0.05, 0.1) is 7.11 Å². The third kappa shape index (κ3) is 7.30. The number of alkyl carbamates (subject to hydrolysis) is 1. The fraction of sp³-hybridized carbons (Fsp3) is 0.312. The van der Waals surface area contributed by atoms with Crippen LogP contribution in [0.3, 0.4) is 0 Å². The predicted molar refractivity (Wildman–Crippen MR) is 86.4 cm³/mol. The van der Waals surface area contributed by atoms with Crippen molar-refractivity contribution in [3.05, 3.63) is 42.0 Å². The summed E-state index contributed by atoms with van der Waals surface area (Å²) < 4.78 is 14.1. The Morgan fingerprint density at radius 3 is 2.25 bits per heavy atom. The average molecular weight is 336 g/mol. The minimum Gasteiger partial charge on any atom is -0.459 e. The highest BCUT2D eigenvalue weighted by atomic mass is 16.6. The molecule has 8 heteroatoms. The lowest BCUT2D eigenvalue weighted by Gasteiger charge is -2.08. The lowest BCUT2D eigenvalue weighted by molar-refractivity contribution is -0.139. The maximum atomic E-state index is 11.5. The van der Waals surface area contributed by atoms with Crippen molar-refractivity contribution in [3.8, 4) is 0 Å². The average Bonchev–Trinajstić information content (AvgIpc) is 2.57. The van der Waals surface area contributed by atoms with Gasteiger partial charge in [0.15, 0.2) is 0 Å². The summed E-state index contributed by atoms with van der Waals surface area (Å²) in [5.41, 5.74) is 1.67.